The van der Waals surface area contributed by atoms with Crippen LogP contribution >= 0.6 is 15.9 Å². The lowest BCUT2D eigenvalue weighted by Gasteiger charge is -2.64. The number of ether oxygens (including phenoxy) is 3. The molecule has 1 spiro atoms. The fourth-order valence-corrected chi connectivity index (χ4v) is 8.16. The highest BCUT2D eigenvalue weighted by Gasteiger charge is 2.67. The molecule has 5 rings (SSSR count). The van der Waals surface area contributed by atoms with Crippen LogP contribution in [0.15, 0.2) is 40.9 Å². The Morgan fingerprint density at radius 2 is 1.89 bits per heavy atom. The van der Waals surface area contributed by atoms with Crippen molar-refractivity contribution in [2.45, 2.75) is 78.1 Å². The molecule has 2 fully saturated rings. The summed E-state index contributed by atoms with van der Waals surface area (Å²) in [6.07, 6.45) is 4.18. The summed E-state index contributed by atoms with van der Waals surface area (Å²) in [6.45, 7) is 9.49. The number of hydrogen-bond donors (Lipinski definition) is 1. The molecular formula is C30H37BrO5. The van der Waals surface area contributed by atoms with Gasteiger partial charge in [-0.15, -0.1) is 0 Å². The lowest BCUT2D eigenvalue weighted by molar-refractivity contribution is -0.210. The zero-order chi connectivity index (χ0) is 25.9. The van der Waals surface area contributed by atoms with Crippen molar-refractivity contribution in [2.75, 3.05) is 7.11 Å². The average molecular weight is 558 g/mol. The number of esters is 1. The number of fused-ring (bicyclic) bond motifs is 3. The number of methoxy groups -OCH3 is 1. The van der Waals surface area contributed by atoms with E-state index in [9.17, 15) is 9.90 Å². The van der Waals surface area contributed by atoms with Gasteiger partial charge in [-0.25, -0.2) is 4.79 Å². The van der Waals surface area contributed by atoms with Crippen LogP contribution in [0.5, 0.6) is 11.5 Å². The summed E-state index contributed by atoms with van der Waals surface area (Å²) in [7, 11) is 1.39. The molecule has 1 heterocycles. The van der Waals surface area contributed by atoms with E-state index in [1.165, 1.54) is 7.11 Å². The standard InChI is InChI=1S/C30H37BrO5/c1-18-11-12-23-28(2,3)24(32)13-14-29(23,4)30(18)16-21-22(35-17-19-9-7-6-8-10-19)15-20(27(33)34-5)25(31)26(21)36-30/h6-10,15,18,23-24,32H,11-14,16-17H2,1-5H3/t18-,23+,24-,29+,30-/m1/s1. The molecule has 36 heavy (non-hydrogen) atoms. The molecule has 1 aliphatic heterocycles. The van der Waals surface area contributed by atoms with Crippen LogP contribution in [-0.2, 0) is 17.8 Å². The van der Waals surface area contributed by atoms with Gasteiger partial charge in [0, 0.05) is 17.4 Å². The predicted molar refractivity (Wildman–Crippen MR) is 142 cm³/mol. The quantitative estimate of drug-likeness (QED) is 0.423. The number of aliphatic hydroxyl groups excluding tert-OH is 1. The number of hydrogen-bond acceptors (Lipinski definition) is 5. The molecule has 1 N–H and O–H groups in total. The number of carbonyl (C=O) groups excluding carboxylic acids is 1. The van der Waals surface area contributed by atoms with Gasteiger partial charge in [-0.3, -0.25) is 0 Å². The first-order valence-corrected chi connectivity index (χ1v) is 13.8. The molecule has 0 saturated heterocycles. The molecule has 0 amide bonds. The monoisotopic (exact) mass is 556 g/mol. The van der Waals surface area contributed by atoms with Crippen LogP contribution in [0.25, 0.3) is 0 Å². The molecule has 194 valence electrons. The molecule has 2 aromatic carbocycles. The molecule has 0 aromatic heterocycles. The number of halogens is 1. The second-order valence-corrected chi connectivity index (χ2v) is 12.6. The zero-order valence-corrected chi connectivity index (χ0v) is 23.5. The second-order valence-electron chi connectivity index (χ2n) is 11.8. The van der Waals surface area contributed by atoms with E-state index < -0.39 is 11.6 Å². The van der Waals surface area contributed by atoms with Gasteiger partial charge in [0.1, 0.15) is 23.7 Å². The van der Waals surface area contributed by atoms with Crippen molar-refractivity contribution in [3.8, 4) is 11.5 Å². The number of rotatable bonds is 4. The van der Waals surface area contributed by atoms with Gasteiger partial charge in [0.2, 0.25) is 0 Å². The van der Waals surface area contributed by atoms with E-state index in [1.54, 1.807) is 6.07 Å². The molecule has 5 atom stereocenters. The molecular weight excluding hydrogens is 520 g/mol. The summed E-state index contributed by atoms with van der Waals surface area (Å²) < 4.78 is 19.2. The fourth-order valence-electron chi connectivity index (χ4n) is 7.56. The van der Waals surface area contributed by atoms with Crippen molar-refractivity contribution in [3.63, 3.8) is 0 Å². The van der Waals surface area contributed by atoms with E-state index in [0.29, 0.717) is 46.4 Å². The second kappa shape index (κ2) is 9.05. The highest BCUT2D eigenvalue weighted by Crippen LogP contribution is 2.67. The average Bonchev–Trinajstić information content (AvgIpc) is 3.28. The summed E-state index contributed by atoms with van der Waals surface area (Å²) in [6, 6.07) is 11.8. The Morgan fingerprint density at radius 3 is 2.58 bits per heavy atom. The van der Waals surface area contributed by atoms with Crippen LogP contribution in [-0.4, -0.2) is 29.9 Å². The first-order valence-electron chi connectivity index (χ1n) is 13.0. The number of carbonyl (C=O) groups is 1. The third-order valence-corrected chi connectivity index (χ3v) is 10.6. The molecule has 2 aromatic rings. The predicted octanol–water partition coefficient (Wildman–Crippen LogP) is 6.72. The largest absolute Gasteiger partial charge is 0.488 e. The summed E-state index contributed by atoms with van der Waals surface area (Å²) in [5.74, 6) is 1.57. The molecule has 0 bridgehead atoms. The number of benzene rings is 2. The van der Waals surface area contributed by atoms with E-state index in [-0.39, 0.29) is 16.9 Å². The van der Waals surface area contributed by atoms with Gasteiger partial charge in [0.05, 0.1) is 23.2 Å². The lowest BCUT2D eigenvalue weighted by Crippen LogP contribution is -2.66. The molecule has 3 aliphatic rings. The van der Waals surface area contributed by atoms with Crippen LogP contribution in [0.1, 0.15) is 74.9 Å². The Bertz CT molecular complexity index is 1160. The first-order chi connectivity index (χ1) is 17.0. The van der Waals surface area contributed by atoms with Gasteiger partial charge in [-0.1, -0.05) is 58.0 Å². The van der Waals surface area contributed by atoms with Crippen molar-refractivity contribution < 1.29 is 24.1 Å². The summed E-state index contributed by atoms with van der Waals surface area (Å²) in [5.41, 5.74) is 1.69. The molecule has 0 unspecified atom stereocenters. The minimum absolute atomic E-state index is 0.131. The van der Waals surface area contributed by atoms with Crippen molar-refractivity contribution in [2.24, 2.45) is 22.7 Å². The van der Waals surface area contributed by atoms with E-state index in [1.807, 2.05) is 30.3 Å². The third-order valence-electron chi connectivity index (χ3n) is 9.76. The van der Waals surface area contributed by atoms with Gasteiger partial charge in [-0.2, -0.15) is 0 Å². The Hall–Kier alpha value is -2.05. The fraction of sp³-hybridized carbons (Fsp3) is 0.567. The molecule has 5 nitrogen and oxygen atoms in total. The van der Waals surface area contributed by atoms with Crippen LogP contribution in [0.2, 0.25) is 0 Å². The van der Waals surface area contributed by atoms with E-state index in [4.69, 9.17) is 14.2 Å². The summed E-state index contributed by atoms with van der Waals surface area (Å²) in [5, 5.41) is 10.9. The Labute approximate surface area is 222 Å². The minimum Gasteiger partial charge on any atom is -0.488 e. The molecule has 0 radical (unpaired) electrons. The van der Waals surface area contributed by atoms with Crippen LogP contribution in [0.3, 0.4) is 0 Å². The van der Waals surface area contributed by atoms with Crippen LogP contribution in [0, 0.1) is 22.7 Å². The SMILES string of the molecule is COC(=O)c1cc(OCc2ccccc2)c2c(c1Br)O[C@]1(C2)[C@H](C)CC[C@H]2C(C)(C)[C@H](O)CC[C@@]21C. The highest BCUT2D eigenvalue weighted by atomic mass is 79.9. The zero-order valence-electron chi connectivity index (χ0n) is 21.9. The first kappa shape index (κ1) is 25.6. The summed E-state index contributed by atoms with van der Waals surface area (Å²) in [4.78, 5) is 12.7. The van der Waals surface area contributed by atoms with Crippen molar-refractivity contribution >= 4 is 21.9 Å². The molecule has 6 heteroatoms. The van der Waals surface area contributed by atoms with Gasteiger partial charge in [0.15, 0.2) is 0 Å². The van der Waals surface area contributed by atoms with Crippen LogP contribution in [0.4, 0.5) is 0 Å². The van der Waals surface area contributed by atoms with Gasteiger partial charge in [-0.05, 0) is 70.5 Å². The normalized spacial score (nSPS) is 32.4. The van der Waals surface area contributed by atoms with Crippen molar-refractivity contribution in [3.05, 3.63) is 57.6 Å². The van der Waals surface area contributed by atoms with Crippen LogP contribution < -0.4 is 9.47 Å². The molecule has 2 saturated carbocycles. The highest BCUT2D eigenvalue weighted by molar-refractivity contribution is 9.10. The smallest absolute Gasteiger partial charge is 0.339 e. The maximum atomic E-state index is 12.7. The maximum Gasteiger partial charge on any atom is 0.339 e. The van der Waals surface area contributed by atoms with Gasteiger partial charge in [0.25, 0.3) is 0 Å². The lowest BCUT2D eigenvalue weighted by atomic mass is 9.43. The minimum atomic E-state index is -0.447. The summed E-state index contributed by atoms with van der Waals surface area (Å²) >= 11 is 3.69. The number of aliphatic hydroxyl groups is 1. The van der Waals surface area contributed by atoms with Gasteiger partial charge >= 0.3 is 5.97 Å². The molecule has 2 aliphatic carbocycles. The topological polar surface area (TPSA) is 65.0 Å². The Kier molecular flexibility index (Phi) is 6.44. The Balaban J connectivity index is 1.60. The van der Waals surface area contributed by atoms with Gasteiger partial charge < -0.3 is 19.3 Å². The maximum absolute atomic E-state index is 12.7. The Morgan fingerprint density at radius 1 is 1.17 bits per heavy atom. The third kappa shape index (κ3) is 3.70. The van der Waals surface area contributed by atoms with Crippen molar-refractivity contribution in [1.82, 2.24) is 0 Å². The van der Waals surface area contributed by atoms with E-state index in [0.717, 1.165) is 36.8 Å². The van der Waals surface area contributed by atoms with E-state index in [2.05, 4.69) is 43.6 Å². The van der Waals surface area contributed by atoms with Crippen molar-refractivity contribution in [1.29, 1.82) is 0 Å². The van der Waals surface area contributed by atoms with E-state index >= 15 is 0 Å².